The zero-order chi connectivity index (χ0) is 18.3. The molecule has 0 aliphatic carbocycles. The summed E-state index contributed by atoms with van der Waals surface area (Å²) in [6.45, 7) is 4.46. The van der Waals surface area contributed by atoms with E-state index in [9.17, 15) is 4.79 Å². The minimum Gasteiger partial charge on any atom is -0.497 e. The third-order valence-corrected chi connectivity index (χ3v) is 3.45. The second kappa shape index (κ2) is 12.8. The average molecular weight is 345 g/mol. The summed E-state index contributed by atoms with van der Waals surface area (Å²) >= 11 is 0. The molecule has 1 aromatic rings. The summed E-state index contributed by atoms with van der Waals surface area (Å²) in [4.78, 5) is 11.9. The number of carbonyl (C=O) groups is 1. The van der Waals surface area contributed by atoms with Crippen molar-refractivity contribution in [2.24, 2.45) is 0 Å². The first kappa shape index (κ1) is 20.5. The fraction of sp³-hybridized carbons (Fsp3) is 0.474. The molecule has 0 fully saturated rings. The standard InChI is InChI=1S/C19H27N3O3/c1-3-4-10-25-11-6-9-22-19(23)17(13-20)15-21-14-16-7-5-8-18(12-16)24-2/h5,7-8,12,15,21H,3-4,6,9-11,14H2,1-2H3,(H,22,23)/b17-15-. The van der Waals surface area contributed by atoms with E-state index in [-0.39, 0.29) is 11.5 Å². The summed E-state index contributed by atoms with van der Waals surface area (Å²) in [6.07, 6.45) is 4.32. The van der Waals surface area contributed by atoms with Crippen molar-refractivity contribution in [1.82, 2.24) is 10.6 Å². The van der Waals surface area contributed by atoms with Gasteiger partial charge in [0.15, 0.2) is 0 Å². The molecule has 0 spiro atoms. The lowest BCUT2D eigenvalue weighted by atomic mass is 10.2. The molecular formula is C19H27N3O3. The first-order valence-electron chi connectivity index (χ1n) is 8.53. The number of hydrogen-bond donors (Lipinski definition) is 2. The van der Waals surface area contributed by atoms with Gasteiger partial charge in [-0.3, -0.25) is 4.79 Å². The van der Waals surface area contributed by atoms with E-state index in [1.807, 2.05) is 30.3 Å². The minimum atomic E-state index is -0.380. The van der Waals surface area contributed by atoms with Gasteiger partial charge in [-0.1, -0.05) is 25.5 Å². The molecule has 1 rings (SSSR count). The summed E-state index contributed by atoms with van der Waals surface area (Å²) in [5.74, 6) is 0.386. The van der Waals surface area contributed by atoms with Gasteiger partial charge in [0.1, 0.15) is 17.4 Å². The monoisotopic (exact) mass is 345 g/mol. The maximum absolute atomic E-state index is 11.9. The van der Waals surface area contributed by atoms with Crippen LogP contribution in [0.2, 0.25) is 0 Å². The van der Waals surface area contributed by atoms with Crippen molar-refractivity contribution in [3.63, 3.8) is 0 Å². The van der Waals surface area contributed by atoms with E-state index in [0.717, 1.165) is 37.2 Å². The Kier molecular flexibility index (Phi) is 10.5. The molecule has 0 aliphatic rings. The van der Waals surface area contributed by atoms with E-state index in [1.54, 1.807) is 7.11 Å². The van der Waals surface area contributed by atoms with E-state index in [0.29, 0.717) is 19.7 Å². The summed E-state index contributed by atoms with van der Waals surface area (Å²) in [7, 11) is 1.61. The van der Waals surface area contributed by atoms with Crippen LogP contribution in [0.15, 0.2) is 36.0 Å². The van der Waals surface area contributed by atoms with Crippen LogP contribution in [0.3, 0.4) is 0 Å². The molecule has 136 valence electrons. The lowest BCUT2D eigenvalue weighted by Crippen LogP contribution is -2.27. The molecule has 0 saturated carbocycles. The molecule has 6 heteroatoms. The molecule has 0 heterocycles. The molecule has 1 aromatic carbocycles. The summed E-state index contributed by atoms with van der Waals surface area (Å²) in [5.41, 5.74) is 1.05. The molecule has 0 bridgehead atoms. The molecule has 6 nitrogen and oxygen atoms in total. The van der Waals surface area contributed by atoms with Crippen molar-refractivity contribution in [3.8, 4) is 11.8 Å². The molecular weight excluding hydrogens is 318 g/mol. The number of nitrogens with one attached hydrogen (secondary N) is 2. The van der Waals surface area contributed by atoms with Gasteiger partial charge in [0.25, 0.3) is 5.91 Å². The molecule has 0 aromatic heterocycles. The molecule has 0 atom stereocenters. The molecule has 0 saturated heterocycles. The van der Waals surface area contributed by atoms with Crippen LogP contribution in [0.4, 0.5) is 0 Å². The van der Waals surface area contributed by atoms with Gasteiger partial charge in [0.05, 0.1) is 7.11 Å². The second-order valence-corrected chi connectivity index (χ2v) is 5.48. The van der Waals surface area contributed by atoms with Gasteiger partial charge in [0, 0.05) is 32.5 Å². The zero-order valence-electron chi connectivity index (χ0n) is 15.0. The quantitative estimate of drug-likeness (QED) is 0.345. The van der Waals surface area contributed by atoms with Crippen LogP contribution in [0.25, 0.3) is 0 Å². The highest BCUT2D eigenvalue weighted by Gasteiger charge is 2.07. The Balaban J connectivity index is 2.32. The molecule has 0 radical (unpaired) electrons. The van der Waals surface area contributed by atoms with E-state index >= 15 is 0 Å². The van der Waals surface area contributed by atoms with E-state index in [1.165, 1.54) is 6.20 Å². The van der Waals surface area contributed by atoms with E-state index < -0.39 is 0 Å². The second-order valence-electron chi connectivity index (χ2n) is 5.48. The van der Waals surface area contributed by atoms with Crippen LogP contribution in [0, 0.1) is 11.3 Å². The van der Waals surface area contributed by atoms with Gasteiger partial charge in [-0.05, 0) is 30.5 Å². The number of unbranched alkanes of at least 4 members (excludes halogenated alkanes) is 1. The maximum atomic E-state index is 11.9. The van der Waals surface area contributed by atoms with E-state index in [4.69, 9.17) is 14.7 Å². The summed E-state index contributed by atoms with van der Waals surface area (Å²) < 4.78 is 10.6. The van der Waals surface area contributed by atoms with Crippen LogP contribution >= 0.6 is 0 Å². The number of ether oxygens (including phenoxy) is 2. The highest BCUT2D eigenvalue weighted by molar-refractivity contribution is 5.97. The van der Waals surface area contributed by atoms with Gasteiger partial charge >= 0.3 is 0 Å². The Morgan fingerprint density at radius 2 is 2.12 bits per heavy atom. The first-order chi connectivity index (χ1) is 12.2. The number of nitrogens with zero attached hydrogens (tertiary/aromatic N) is 1. The minimum absolute atomic E-state index is 0.0507. The molecule has 0 unspecified atom stereocenters. The third kappa shape index (κ3) is 8.77. The average Bonchev–Trinajstić information content (AvgIpc) is 2.64. The van der Waals surface area contributed by atoms with Crippen LogP contribution < -0.4 is 15.4 Å². The molecule has 0 aliphatic heterocycles. The summed E-state index contributed by atoms with van der Waals surface area (Å²) in [5, 5.41) is 14.8. The fourth-order valence-corrected chi connectivity index (χ4v) is 2.02. The van der Waals surface area contributed by atoms with Gasteiger partial charge < -0.3 is 20.1 Å². The lowest BCUT2D eigenvalue weighted by Gasteiger charge is -2.07. The van der Waals surface area contributed by atoms with Crippen molar-refractivity contribution in [2.45, 2.75) is 32.7 Å². The van der Waals surface area contributed by atoms with Crippen LogP contribution in [-0.4, -0.2) is 32.8 Å². The Labute approximate surface area is 149 Å². The number of carbonyl (C=O) groups excluding carboxylic acids is 1. The van der Waals surface area contributed by atoms with Gasteiger partial charge in [-0.25, -0.2) is 0 Å². The molecule has 2 N–H and O–H groups in total. The zero-order valence-corrected chi connectivity index (χ0v) is 15.0. The number of nitriles is 1. The SMILES string of the molecule is CCCCOCCCNC(=O)/C(C#N)=C\NCc1cccc(OC)c1. The normalized spacial score (nSPS) is 10.8. The first-order valence-corrected chi connectivity index (χ1v) is 8.53. The van der Waals surface area contributed by atoms with E-state index in [2.05, 4.69) is 17.6 Å². The van der Waals surface area contributed by atoms with Crippen molar-refractivity contribution >= 4 is 5.91 Å². The predicted molar refractivity (Wildman–Crippen MR) is 96.9 cm³/mol. The third-order valence-electron chi connectivity index (χ3n) is 3.45. The van der Waals surface area contributed by atoms with Crippen LogP contribution in [0.1, 0.15) is 31.7 Å². The van der Waals surface area contributed by atoms with Crippen molar-refractivity contribution in [2.75, 3.05) is 26.9 Å². The maximum Gasteiger partial charge on any atom is 0.263 e. The Bertz CT molecular complexity index is 594. The Morgan fingerprint density at radius 3 is 2.84 bits per heavy atom. The van der Waals surface area contributed by atoms with Gasteiger partial charge in [-0.15, -0.1) is 0 Å². The number of benzene rings is 1. The van der Waals surface area contributed by atoms with Crippen molar-refractivity contribution < 1.29 is 14.3 Å². The van der Waals surface area contributed by atoms with Crippen LogP contribution in [0.5, 0.6) is 5.75 Å². The highest BCUT2D eigenvalue weighted by Crippen LogP contribution is 2.12. The number of amides is 1. The fourth-order valence-electron chi connectivity index (χ4n) is 2.02. The summed E-state index contributed by atoms with van der Waals surface area (Å²) in [6, 6.07) is 9.49. The number of rotatable bonds is 12. The largest absolute Gasteiger partial charge is 0.497 e. The molecule has 25 heavy (non-hydrogen) atoms. The molecule has 1 amide bonds. The smallest absolute Gasteiger partial charge is 0.263 e. The lowest BCUT2D eigenvalue weighted by molar-refractivity contribution is -0.117. The predicted octanol–water partition coefficient (Wildman–Crippen LogP) is 2.52. The Hall–Kier alpha value is -2.52. The van der Waals surface area contributed by atoms with Gasteiger partial charge in [-0.2, -0.15) is 5.26 Å². The van der Waals surface area contributed by atoms with Crippen molar-refractivity contribution in [1.29, 1.82) is 5.26 Å². The van der Waals surface area contributed by atoms with Crippen molar-refractivity contribution in [3.05, 3.63) is 41.6 Å². The number of methoxy groups -OCH3 is 1. The number of hydrogen-bond acceptors (Lipinski definition) is 5. The topological polar surface area (TPSA) is 83.4 Å². The van der Waals surface area contributed by atoms with Crippen LogP contribution in [-0.2, 0) is 16.1 Å². The van der Waals surface area contributed by atoms with Gasteiger partial charge in [0.2, 0.25) is 0 Å². The highest BCUT2D eigenvalue weighted by atomic mass is 16.5. The Morgan fingerprint density at radius 1 is 1.32 bits per heavy atom.